The molecule has 0 saturated heterocycles. The summed E-state index contributed by atoms with van der Waals surface area (Å²) in [7, 11) is -0.377. The molecule has 1 aromatic heterocycles. The van der Waals surface area contributed by atoms with Crippen LogP contribution in [0.4, 0.5) is 0 Å². The largest absolute Gasteiger partial charge is 0.134 e. The molecule has 4 aliphatic rings. The molecule has 242 valence electrons. The lowest BCUT2D eigenvalue weighted by Gasteiger charge is -2.43. The van der Waals surface area contributed by atoms with Gasteiger partial charge in [0.25, 0.3) is 0 Å². The summed E-state index contributed by atoms with van der Waals surface area (Å²) in [4.78, 5) is 3.42. The molecular formula is C42H58P2S. The summed E-state index contributed by atoms with van der Waals surface area (Å²) < 4.78 is 0. The first kappa shape index (κ1) is 32.5. The highest BCUT2D eigenvalue weighted by atomic mass is 32.1. The highest BCUT2D eigenvalue weighted by Crippen LogP contribution is 2.63. The van der Waals surface area contributed by atoms with E-state index in [-0.39, 0.29) is 15.8 Å². The van der Waals surface area contributed by atoms with Gasteiger partial charge in [-0.3, -0.25) is 0 Å². The Morgan fingerprint density at radius 3 is 0.933 bits per heavy atom. The van der Waals surface area contributed by atoms with E-state index in [0.29, 0.717) is 0 Å². The van der Waals surface area contributed by atoms with Gasteiger partial charge in [-0.1, -0.05) is 153 Å². The molecule has 0 amide bonds. The van der Waals surface area contributed by atoms with E-state index in [4.69, 9.17) is 0 Å². The van der Waals surface area contributed by atoms with Gasteiger partial charge in [-0.25, -0.2) is 0 Å². The van der Waals surface area contributed by atoms with Crippen LogP contribution >= 0.6 is 27.2 Å². The fraction of sp³-hybridized carbons (Fsp3) is 0.619. The second kappa shape index (κ2) is 15.5. The van der Waals surface area contributed by atoms with Crippen LogP contribution < -0.4 is 10.6 Å². The molecule has 45 heavy (non-hydrogen) atoms. The van der Waals surface area contributed by atoms with E-state index >= 15 is 0 Å². The first-order valence-electron chi connectivity index (χ1n) is 19.0. The fourth-order valence-electron chi connectivity index (χ4n) is 9.46. The maximum Gasteiger partial charge on any atom is 0.0433 e. The van der Waals surface area contributed by atoms with Gasteiger partial charge in [-0.05, 0) is 99.0 Å². The number of benzene rings is 2. The van der Waals surface area contributed by atoms with Gasteiger partial charge in [-0.15, -0.1) is 11.3 Å². The quantitative estimate of drug-likeness (QED) is 0.212. The van der Waals surface area contributed by atoms with Gasteiger partial charge in [0.1, 0.15) is 0 Å². The Morgan fingerprint density at radius 1 is 0.400 bits per heavy atom. The van der Waals surface area contributed by atoms with Crippen molar-refractivity contribution < 1.29 is 0 Å². The second-order valence-corrected chi connectivity index (χ2v) is 21.6. The molecule has 4 saturated carbocycles. The minimum absolute atomic E-state index is 0.189. The maximum atomic E-state index is 2.51. The van der Waals surface area contributed by atoms with E-state index in [1.54, 1.807) is 9.75 Å². The minimum atomic E-state index is -0.189. The third-order valence-corrected chi connectivity index (χ3v) is 20.8. The number of hydrogen-bond donors (Lipinski definition) is 0. The molecule has 0 unspecified atom stereocenters. The van der Waals surface area contributed by atoms with Crippen molar-refractivity contribution in [2.75, 3.05) is 0 Å². The molecular weight excluding hydrogens is 598 g/mol. The zero-order chi connectivity index (χ0) is 30.6. The first-order valence-corrected chi connectivity index (χ1v) is 22.8. The van der Waals surface area contributed by atoms with Crippen molar-refractivity contribution in [3.8, 4) is 20.9 Å². The summed E-state index contributed by atoms with van der Waals surface area (Å²) in [5, 5.41) is 3.96. The van der Waals surface area contributed by atoms with E-state index in [1.807, 2.05) is 10.6 Å². The third-order valence-electron chi connectivity index (χ3n) is 11.9. The molecule has 0 nitrogen and oxygen atoms in total. The van der Waals surface area contributed by atoms with Gasteiger partial charge in [0.15, 0.2) is 0 Å². The van der Waals surface area contributed by atoms with Crippen LogP contribution in [0.5, 0.6) is 0 Å². The van der Waals surface area contributed by atoms with Gasteiger partial charge in [-0.2, -0.15) is 0 Å². The first-order chi connectivity index (χ1) is 22.2. The number of aryl methyl sites for hydroxylation is 2. The molecule has 2 aromatic carbocycles. The normalized spacial score (nSPS) is 21.6. The van der Waals surface area contributed by atoms with Crippen molar-refractivity contribution in [1.29, 1.82) is 0 Å². The van der Waals surface area contributed by atoms with Gasteiger partial charge >= 0.3 is 0 Å². The lowest BCUT2D eigenvalue weighted by atomic mass is 9.99. The Bertz CT molecular complexity index is 1210. The molecule has 4 aliphatic carbocycles. The molecule has 1 heterocycles. The zero-order valence-electron chi connectivity index (χ0n) is 28.4. The summed E-state index contributed by atoms with van der Waals surface area (Å²) in [6.45, 7) is 4.54. The summed E-state index contributed by atoms with van der Waals surface area (Å²) in [6, 6.07) is 19.6. The van der Waals surface area contributed by atoms with E-state index in [2.05, 4.69) is 73.7 Å². The second-order valence-electron chi connectivity index (χ2n) is 15.2. The lowest BCUT2D eigenvalue weighted by Crippen LogP contribution is -2.36. The molecule has 0 aliphatic heterocycles. The van der Waals surface area contributed by atoms with Crippen molar-refractivity contribution in [3.05, 3.63) is 59.7 Å². The topological polar surface area (TPSA) is 0 Å². The predicted octanol–water partition coefficient (Wildman–Crippen LogP) is 13.2. The third kappa shape index (κ3) is 7.38. The number of rotatable bonds is 8. The minimum Gasteiger partial charge on any atom is -0.134 e. The van der Waals surface area contributed by atoms with Crippen molar-refractivity contribution in [1.82, 2.24) is 0 Å². The molecule has 3 aromatic rings. The zero-order valence-corrected chi connectivity index (χ0v) is 31.0. The van der Waals surface area contributed by atoms with Gasteiger partial charge < -0.3 is 0 Å². The van der Waals surface area contributed by atoms with E-state index in [0.717, 1.165) is 22.6 Å². The Labute approximate surface area is 282 Å². The van der Waals surface area contributed by atoms with Crippen LogP contribution in [0.15, 0.2) is 48.5 Å². The van der Waals surface area contributed by atoms with Crippen molar-refractivity contribution in [2.24, 2.45) is 0 Å². The summed E-state index contributed by atoms with van der Waals surface area (Å²) in [5.74, 6) is 0. The molecule has 0 N–H and O–H groups in total. The fourth-order valence-corrected chi connectivity index (χ4v) is 20.1. The van der Waals surface area contributed by atoms with Crippen LogP contribution in [0.1, 0.15) is 140 Å². The lowest BCUT2D eigenvalue weighted by molar-refractivity contribution is 0.486. The molecule has 0 bridgehead atoms. The highest BCUT2D eigenvalue weighted by molar-refractivity contribution is 7.75. The smallest absolute Gasteiger partial charge is 0.0433 e. The average Bonchev–Trinajstić information content (AvgIpc) is 3.47. The Balaban J connectivity index is 1.51. The van der Waals surface area contributed by atoms with E-state index < -0.39 is 0 Å². The van der Waals surface area contributed by atoms with Gasteiger partial charge in [0.2, 0.25) is 0 Å². The summed E-state index contributed by atoms with van der Waals surface area (Å²) in [6.07, 6.45) is 29.6. The van der Waals surface area contributed by atoms with Gasteiger partial charge in [0, 0.05) is 20.4 Å². The van der Waals surface area contributed by atoms with Crippen LogP contribution in [0, 0.1) is 13.8 Å². The Kier molecular flexibility index (Phi) is 11.2. The van der Waals surface area contributed by atoms with Crippen LogP contribution in [-0.4, -0.2) is 22.6 Å². The van der Waals surface area contributed by atoms with E-state index in [9.17, 15) is 0 Å². The molecule has 0 spiro atoms. The van der Waals surface area contributed by atoms with Crippen LogP contribution in [0.2, 0.25) is 0 Å². The van der Waals surface area contributed by atoms with Crippen molar-refractivity contribution in [3.63, 3.8) is 0 Å². The Morgan fingerprint density at radius 2 is 0.667 bits per heavy atom. The molecule has 3 heteroatoms. The average molecular weight is 657 g/mol. The Hall–Kier alpha value is -1.00. The summed E-state index contributed by atoms with van der Waals surface area (Å²) >= 11 is 2.25. The van der Waals surface area contributed by atoms with Crippen molar-refractivity contribution in [2.45, 2.75) is 165 Å². The molecule has 7 rings (SSSR count). The number of hydrogen-bond acceptors (Lipinski definition) is 1. The van der Waals surface area contributed by atoms with Crippen LogP contribution in [0.25, 0.3) is 20.9 Å². The van der Waals surface area contributed by atoms with Crippen LogP contribution in [-0.2, 0) is 0 Å². The maximum absolute atomic E-state index is 2.51. The van der Waals surface area contributed by atoms with Crippen molar-refractivity contribution >= 4 is 37.8 Å². The molecule has 0 radical (unpaired) electrons. The standard InChI is InChI=1S/C42H58P2S/c1-31-23-27-33(28-24-31)41-39(43(35-15-7-3-8-16-35)36-17-9-4-10-18-36)40(42(45-41)34-29-25-32(2)26-30-34)44(37-19-11-5-12-20-37)38-21-13-6-14-22-38/h23-30,35-38H,3-22H2,1-2H3. The predicted molar refractivity (Wildman–Crippen MR) is 205 cm³/mol. The summed E-state index contributed by atoms with van der Waals surface area (Å²) in [5.41, 5.74) is 9.60. The van der Waals surface area contributed by atoms with E-state index in [1.165, 1.54) is 151 Å². The van der Waals surface area contributed by atoms with Crippen LogP contribution in [0.3, 0.4) is 0 Å². The highest BCUT2D eigenvalue weighted by Gasteiger charge is 2.42. The van der Waals surface area contributed by atoms with Gasteiger partial charge in [0.05, 0.1) is 0 Å². The SMILES string of the molecule is Cc1ccc(-c2sc(-c3ccc(C)cc3)c(P(C3CCCCC3)C3CCCCC3)c2P(C2CCCCC2)C2CCCCC2)cc1. The molecule has 0 atom stereocenters. The molecule has 4 fully saturated rings. The number of thiophene rings is 1. The monoisotopic (exact) mass is 656 g/mol.